The summed E-state index contributed by atoms with van der Waals surface area (Å²) < 4.78 is 37.8. The van der Waals surface area contributed by atoms with Crippen LogP contribution in [-0.2, 0) is 6.54 Å². The maximum atomic E-state index is 13.7. The van der Waals surface area contributed by atoms with E-state index in [4.69, 9.17) is 21.1 Å². The fourth-order valence-corrected chi connectivity index (χ4v) is 3.07. The molecule has 0 saturated carbocycles. The summed E-state index contributed by atoms with van der Waals surface area (Å²) in [5.41, 5.74) is 1.08. The van der Waals surface area contributed by atoms with Crippen molar-refractivity contribution in [3.05, 3.63) is 82.6 Å². The van der Waals surface area contributed by atoms with Crippen LogP contribution in [0, 0.1) is 11.6 Å². The van der Waals surface area contributed by atoms with E-state index in [1.165, 1.54) is 4.90 Å². The molecule has 142 valence electrons. The Labute approximate surface area is 164 Å². The summed E-state index contributed by atoms with van der Waals surface area (Å²) in [6, 6.07) is 10.1. The first kappa shape index (κ1) is 18.2. The molecule has 28 heavy (non-hydrogen) atoms. The molecule has 0 atom stereocenters. The molecule has 8 heteroatoms. The maximum Gasteiger partial charge on any atom is 0.260 e. The molecule has 0 radical (unpaired) electrons. The van der Waals surface area contributed by atoms with E-state index in [9.17, 15) is 13.6 Å². The summed E-state index contributed by atoms with van der Waals surface area (Å²) in [6.07, 6.45) is 3.22. The Morgan fingerprint density at radius 1 is 1.11 bits per heavy atom. The number of ether oxygens (including phenoxy) is 2. The highest BCUT2D eigenvalue weighted by molar-refractivity contribution is 6.34. The topological polar surface area (TPSA) is 51.7 Å². The second-order valence-electron chi connectivity index (χ2n) is 6.04. The van der Waals surface area contributed by atoms with Gasteiger partial charge in [-0.3, -0.25) is 9.78 Å². The number of nitrogens with zero attached hydrogens (tertiary/aromatic N) is 2. The molecule has 0 saturated heterocycles. The van der Waals surface area contributed by atoms with Crippen LogP contribution in [0.25, 0.3) is 0 Å². The van der Waals surface area contributed by atoms with Gasteiger partial charge in [0.2, 0.25) is 6.79 Å². The fourth-order valence-electron chi connectivity index (χ4n) is 2.84. The number of carbonyl (C=O) groups is 1. The average molecular weight is 403 g/mol. The molecule has 2 aromatic carbocycles. The number of anilines is 1. The number of amides is 1. The van der Waals surface area contributed by atoms with Gasteiger partial charge in [0.05, 0.1) is 17.1 Å². The molecule has 0 bridgehead atoms. The van der Waals surface area contributed by atoms with Gasteiger partial charge < -0.3 is 14.4 Å². The van der Waals surface area contributed by atoms with Gasteiger partial charge in [0, 0.05) is 24.1 Å². The highest BCUT2D eigenvalue weighted by atomic mass is 35.5. The van der Waals surface area contributed by atoms with Crippen molar-refractivity contribution in [3.8, 4) is 11.5 Å². The number of hydrogen-bond acceptors (Lipinski definition) is 4. The SMILES string of the molecule is O=C(c1cc(F)c(F)cc1Cl)N(Cc1cccnc1)c1ccc2c(c1)OCO2. The Balaban J connectivity index is 1.76. The van der Waals surface area contributed by atoms with Gasteiger partial charge in [-0.2, -0.15) is 0 Å². The van der Waals surface area contributed by atoms with Gasteiger partial charge in [-0.1, -0.05) is 17.7 Å². The lowest BCUT2D eigenvalue weighted by Crippen LogP contribution is -2.31. The molecule has 1 aromatic heterocycles. The summed E-state index contributed by atoms with van der Waals surface area (Å²) in [4.78, 5) is 18.6. The Morgan fingerprint density at radius 3 is 2.68 bits per heavy atom. The van der Waals surface area contributed by atoms with Gasteiger partial charge in [-0.25, -0.2) is 8.78 Å². The van der Waals surface area contributed by atoms with Crippen molar-refractivity contribution in [2.75, 3.05) is 11.7 Å². The maximum absolute atomic E-state index is 13.7. The molecule has 1 amide bonds. The largest absolute Gasteiger partial charge is 0.454 e. The minimum absolute atomic E-state index is 0.0876. The van der Waals surface area contributed by atoms with E-state index in [1.807, 2.05) is 0 Å². The number of fused-ring (bicyclic) bond motifs is 1. The number of halogens is 3. The fraction of sp³-hybridized carbons (Fsp3) is 0.100. The van der Waals surface area contributed by atoms with E-state index < -0.39 is 17.5 Å². The van der Waals surface area contributed by atoms with Crippen molar-refractivity contribution < 1.29 is 23.0 Å². The zero-order valence-electron chi connectivity index (χ0n) is 14.4. The molecule has 0 spiro atoms. The van der Waals surface area contributed by atoms with Crippen molar-refractivity contribution >= 4 is 23.2 Å². The molecule has 4 rings (SSSR count). The van der Waals surface area contributed by atoms with Crippen LogP contribution >= 0.6 is 11.6 Å². The molecular formula is C20H13ClF2N2O3. The Hall–Kier alpha value is -3.19. The number of carbonyl (C=O) groups excluding carboxylic acids is 1. The number of rotatable bonds is 4. The lowest BCUT2D eigenvalue weighted by Gasteiger charge is -2.24. The normalized spacial score (nSPS) is 12.1. The van der Waals surface area contributed by atoms with Gasteiger partial charge in [0.25, 0.3) is 5.91 Å². The third-order valence-electron chi connectivity index (χ3n) is 4.22. The van der Waals surface area contributed by atoms with Crippen LogP contribution in [-0.4, -0.2) is 17.7 Å². The predicted molar refractivity (Wildman–Crippen MR) is 98.7 cm³/mol. The van der Waals surface area contributed by atoms with Crippen LogP contribution in [0.15, 0.2) is 54.9 Å². The first-order chi connectivity index (χ1) is 13.5. The van der Waals surface area contributed by atoms with Gasteiger partial charge in [0.15, 0.2) is 23.1 Å². The summed E-state index contributed by atoms with van der Waals surface area (Å²) in [5, 5.41) is -0.180. The van der Waals surface area contributed by atoms with Gasteiger partial charge >= 0.3 is 0 Å². The van der Waals surface area contributed by atoms with Crippen molar-refractivity contribution in [1.82, 2.24) is 4.98 Å². The van der Waals surface area contributed by atoms with Gasteiger partial charge in [-0.05, 0) is 35.9 Å². The van der Waals surface area contributed by atoms with Crippen LogP contribution in [0.3, 0.4) is 0 Å². The zero-order valence-corrected chi connectivity index (χ0v) is 15.1. The van der Waals surface area contributed by atoms with E-state index in [-0.39, 0.29) is 23.9 Å². The highest BCUT2D eigenvalue weighted by Crippen LogP contribution is 2.36. The molecule has 1 aliphatic heterocycles. The number of benzene rings is 2. The van der Waals surface area contributed by atoms with Crippen molar-refractivity contribution in [2.24, 2.45) is 0 Å². The second-order valence-corrected chi connectivity index (χ2v) is 6.44. The van der Waals surface area contributed by atoms with Gasteiger partial charge in [0.1, 0.15) is 0 Å². The summed E-state index contributed by atoms with van der Waals surface area (Å²) >= 11 is 6.01. The molecule has 3 aromatic rings. The van der Waals surface area contributed by atoms with Gasteiger partial charge in [-0.15, -0.1) is 0 Å². The van der Waals surface area contributed by atoms with Crippen molar-refractivity contribution in [3.63, 3.8) is 0 Å². The van der Waals surface area contributed by atoms with Crippen LogP contribution in [0.1, 0.15) is 15.9 Å². The summed E-state index contributed by atoms with van der Waals surface area (Å²) in [6.45, 7) is 0.228. The average Bonchev–Trinajstić information content (AvgIpc) is 3.17. The molecule has 2 heterocycles. The van der Waals surface area contributed by atoms with Crippen LogP contribution in [0.2, 0.25) is 5.02 Å². The van der Waals surface area contributed by atoms with E-state index in [2.05, 4.69) is 4.98 Å². The lowest BCUT2D eigenvalue weighted by atomic mass is 10.1. The van der Waals surface area contributed by atoms with Crippen LogP contribution < -0.4 is 14.4 Å². The molecule has 1 aliphatic rings. The van der Waals surface area contributed by atoms with E-state index in [1.54, 1.807) is 42.7 Å². The standard InChI is InChI=1S/C20H13ClF2N2O3/c21-15-8-17(23)16(22)7-14(15)20(26)25(10-12-2-1-5-24-9-12)13-3-4-18-19(6-13)28-11-27-18/h1-9H,10-11H2. The number of pyridine rings is 1. The Morgan fingerprint density at radius 2 is 1.89 bits per heavy atom. The third kappa shape index (κ3) is 3.48. The summed E-state index contributed by atoms with van der Waals surface area (Å²) in [7, 11) is 0. The van der Waals surface area contributed by atoms with E-state index in [0.29, 0.717) is 17.2 Å². The van der Waals surface area contributed by atoms with Crippen LogP contribution in [0.5, 0.6) is 11.5 Å². The van der Waals surface area contributed by atoms with Crippen LogP contribution in [0.4, 0.5) is 14.5 Å². The minimum Gasteiger partial charge on any atom is -0.454 e. The van der Waals surface area contributed by atoms with E-state index in [0.717, 1.165) is 17.7 Å². The zero-order chi connectivity index (χ0) is 19.7. The first-order valence-corrected chi connectivity index (χ1v) is 8.65. The predicted octanol–water partition coefficient (Wildman–Crippen LogP) is 4.59. The summed E-state index contributed by atoms with van der Waals surface area (Å²) in [5.74, 6) is -1.82. The monoisotopic (exact) mass is 402 g/mol. The van der Waals surface area contributed by atoms with Crippen molar-refractivity contribution in [1.29, 1.82) is 0 Å². The molecule has 0 unspecified atom stereocenters. The van der Waals surface area contributed by atoms with E-state index >= 15 is 0 Å². The Kier molecular flexibility index (Phi) is 4.83. The molecule has 0 fully saturated rings. The molecule has 0 N–H and O–H groups in total. The molecule has 5 nitrogen and oxygen atoms in total. The number of aromatic nitrogens is 1. The Bertz CT molecular complexity index is 1050. The van der Waals surface area contributed by atoms with Crippen molar-refractivity contribution in [2.45, 2.75) is 6.54 Å². The quantitative estimate of drug-likeness (QED) is 0.599. The third-order valence-corrected chi connectivity index (χ3v) is 4.53. The molecule has 0 aliphatic carbocycles. The lowest BCUT2D eigenvalue weighted by molar-refractivity contribution is 0.0984. The minimum atomic E-state index is -1.15. The highest BCUT2D eigenvalue weighted by Gasteiger charge is 2.24. The second kappa shape index (κ2) is 7.44. The smallest absolute Gasteiger partial charge is 0.260 e. The molecular weight excluding hydrogens is 390 g/mol. The first-order valence-electron chi connectivity index (χ1n) is 8.28. The number of hydrogen-bond donors (Lipinski definition) is 0.